The number of nitrogens with one attached hydrogen (secondary N) is 1. The number of aromatic hydroxyl groups is 2. The number of benzene rings is 2. The summed E-state index contributed by atoms with van der Waals surface area (Å²) in [6.45, 7) is 15.7. The molecule has 18 nitrogen and oxygen atoms in total. The second kappa shape index (κ2) is 19.5. The number of nitrogens with zero attached hydrogens (tertiary/aromatic N) is 3. The van der Waals surface area contributed by atoms with E-state index in [1.165, 1.54) is 53.2 Å². The quantitative estimate of drug-likeness (QED) is 0.210. The maximum Gasteiger partial charge on any atom is 0.312 e. The Morgan fingerprint density at radius 1 is 0.970 bits per heavy atom. The van der Waals surface area contributed by atoms with Crippen molar-refractivity contribution in [1.29, 1.82) is 0 Å². The average molecular weight is 931 g/mol. The molecule has 1 saturated heterocycles. The van der Waals surface area contributed by atoms with Crippen LogP contribution in [0, 0.1) is 30.6 Å². The van der Waals surface area contributed by atoms with Gasteiger partial charge in [0.05, 0.1) is 42.4 Å². The first-order valence-electron chi connectivity index (χ1n) is 22.6. The number of rotatable bonds is 5. The molecule has 10 atom stereocenters. The molecule has 1 fully saturated rings. The Kier molecular flexibility index (Phi) is 14.3. The molecule has 4 aliphatic heterocycles. The van der Waals surface area contributed by atoms with Crippen molar-refractivity contribution >= 4 is 34.7 Å². The van der Waals surface area contributed by atoms with Crippen molar-refractivity contribution in [2.24, 2.45) is 28.7 Å². The molecule has 5 aliphatic rings. The number of aliphatic hydroxyl groups excluding tert-OH is 4. The lowest BCUT2D eigenvalue weighted by molar-refractivity contribution is -0.160. The zero-order chi connectivity index (χ0) is 48.8. The van der Waals surface area contributed by atoms with Crippen molar-refractivity contribution in [2.75, 3.05) is 51.3 Å². The van der Waals surface area contributed by atoms with Crippen LogP contribution in [-0.2, 0) is 23.8 Å². The molecule has 18 heteroatoms. The van der Waals surface area contributed by atoms with E-state index in [4.69, 9.17) is 28.7 Å². The van der Waals surface area contributed by atoms with Gasteiger partial charge in [0.25, 0.3) is 11.7 Å². The Labute approximate surface area is 389 Å². The number of phenolic OH excluding ortho intramolecular Hbond substituents is 2. The number of ketones is 1. The van der Waals surface area contributed by atoms with Crippen molar-refractivity contribution < 1.29 is 68.7 Å². The van der Waals surface area contributed by atoms with E-state index in [0.717, 1.165) is 0 Å². The fraction of sp³-hybridized carbons (Fsp3) is 0.510. The second-order valence-electron chi connectivity index (χ2n) is 18.2. The maximum absolute atomic E-state index is 14.8. The molecular formula is C49H62N4O14. The summed E-state index contributed by atoms with van der Waals surface area (Å²) >= 11 is 0. The minimum absolute atomic E-state index is 0.00910. The van der Waals surface area contributed by atoms with Crippen LogP contribution in [0.5, 0.6) is 23.0 Å². The Hall–Kier alpha value is -5.76. The van der Waals surface area contributed by atoms with Gasteiger partial charge in [-0.1, -0.05) is 45.9 Å². The van der Waals surface area contributed by atoms with Crippen LogP contribution in [0.2, 0.25) is 0 Å². The van der Waals surface area contributed by atoms with E-state index in [1.54, 1.807) is 52.0 Å². The van der Waals surface area contributed by atoms with Gasteiger partial charge in [-0.3, -0.25) is 19.3 Å². The molecule has 1 unspecified atom stereocenters. The summed E-state index contributed by atoms with van der Waals surface area (Å²) in [6.07, 6.45) is 1.74. The predicted octanol–water partition coefficient (Wildman–Crippen LogP) is 3.96. The number of aliphatic imine (C=N–C) groups is 1. The van der Waals surface area contributed by atoms with Gasteiger partial charge in [0.15, 0.2) is 11.5 Å². The Bertz CT molecular complexity index is 2450. The van der Waals surface area contributed by atoms with Gasteiger partial charge in [0.1, 0.15) is 40.9 Å². The fourth-order valence-corrected chi connectivity index (χ4v) is 9.58. The number of carbonyl (C=O) groups is 3. The number of hydrogen-bond donors (Lipinski definition) is 7. The van der Waals surface area contributed by atoms with Crippen LogP contribution < -0.4 is 19.7 Å². The van der Waals surface area contributed by atoms with E-state index < -0.39 is 83.4 Å². The van der Waals surface area contributed by atoms with E-state index in [-0.39, 0.29) is 74.5 Å². The molecule has 4 heterocycles. The number of β-amino-alcohol motifs (C(OH)–C–C–N with tert-alkyl or cyclic N) is 1. The number of methoxy groups -OCH3 is 1. The Balaban J connectivity index is 1.38. The van der Waals surface area contributed by atoms with Crippen LogP contribution in [0.4, 0.5) is 11.4 Å². The summed E-state index contributed by atoms with van der Waals surface area (Å²) in [5.74, 6) is -7.46. The number of amides is 1. The molecule has 7 N–H and O–H groups in total. The molecule has 2 aromatic carbocycles. The minimum atomic E-state index is -2.06. The van der Waals surface area contributed by atoms with E-state index in [1.807, 2.05) is 4.90 Å². The smallest absolute Gasteiger partial charge is 0.312 e. The van der Waals surface area contributed by atoms with E-state index >= 15 is 0 Å². The first-order chi connectivity index (χ1) is 31.7. The lowest BCUT2D eigenvalue weighted by atomic mass is 9.78. The summed E-state index contributed by atoms with van der Waals surface area (Å²) in [4.78, 5) is 50.3. The van der Waals surface area contributed by atoms with Gasteiger partial charge < -0.3 is 64.5 Å². The summed E-state index contributed by atoms with van der Waals surface area (Å²) in [5.41, 5.74) is 0.192. The maximum atomic E-state index is 14.8. The number of hydrogen-bond acceptors (Lipinski definition) is 17. The molecular weight excluding hydrogens is 869 g/mol. The van der Waals surface area contributed by atoms with Crippen LogP contribution in [0.3, 0.4) is 0 Å². The van der Waals surface area contributed by atoms with Crippen LogP contribution >= 0.6 is 0 Å². The molecule has 362 valence electrons. The van der Waals surface area contributed by atoms with Gasteiger partial charge in [-0.2, -0.15) is 0 Å². The topological polar surface area (TPSA) is 250 Å². The number of ether oxygens (including phenoxy) is 5. The highest BCUT2D eigenvalue weighted by Crippen LogP contribution is 2.54. The van der Waals surface area contributed by atoms with Crippen molar-refractivity contribution in [3.8, 4) is 23.0 Å². The highest BCUT2D eigenvalue weighted by atomic mass is 16.7. The molecule has 7 rings (SSSR count). The molecule has 67 heavy (non-hydrogen) atoms. The molecule has 0 saturated carbocycles. The molecule has 0 radical (unpaired) electrons. The van der Waals surface area contributed by atoms with Gasteiger partial charge in [-0.05, 0) is 19.9 Å². The summed E-state index contributed by atoms with van der Waals surface area (Å²) < 4.78 is 30.5. The van der Waals surface area contributed by atoms with Crippen molar-refractivity contribution in [3.05, 3.63) is 82.0 Å². The lowest BCUT2D eigenvalue weighted by Crippen LogP contribution is -2.47. The highest BCUT2D eigenvalue weighted by molar-refractivity contribution is 6.25. The van der Waals surface area contributed by atoms with Gasteiger partial charge in [0.2, 0.25) is 0 Å². The number of fused-ring (bicyclic) bond motifs is 4. The van der Waals surface area contributed by atoms with Gasteiger partial charge >= 0.3 is 11.8 Å². The second-order valence-corrected chi connectivity index (χ2v) is 18.2. The minimum Gasteiger partial charge on any atom is -0.507 e. The third kappa shape index (κ3) is 9.17. The van der Waals surface area contributed by atoms with E-state index in [2.05, 4.69) is 10.2 Å². The van der Waals surface area contributed by atoms with Gasteiger partial charge in [-0.25, -0.2) is 4.99 Å². The number of esters is 1. The molecule has 0 spiro atoms. The van der Waals surface area contributed by atoms with Crippen molar-refractivity contribution in [1.82, 2.24) is 10.2 Å². The zero-order valence-electron chi connectivity index (χ0n) is 39.3. The van der Waals surface area contributed by atoms with Crippen molar-refractivity contribution in [2.45, 2.75) is 91.7 Å². The number of anilines is 1. The van der Waals surface area contributed by atoms with Crippen LogP contribution in [0.25, 0.3) is 0 Å². The largest absolute Gasteiger partial charge is 0.507 e. The predicted molar refractivity (Wildman–Crippen MR) is 245 cm³/mol. The number of phenols is 2. The van der Waals surface area contributed by atoms with E-state index in [0.29, 0.717) is 38.4 Å². The molecule has 0 aromatic heterocycles. The number of aliphatic hydroxyl groups is 4. The van der Waals surface area contributed by atoms with Crippen molar-refractivity contribution in [3.63, 3.8) is 0 Å². The molecule has 1 amide bonds. The monoisotopic (exact) mass is 930 g/mol. The normalized spacial score (nSPS) is 32.1. The highest BCUT2D eigenvalue weighted by Gasteiger charge is 2.53. The first kappa shape index (κ1) is 49.2. The number of piperazine rings is 1. The zero-order valence-corrected chi connectivity index (χ0v) is 39.3. The summed E-state index contributed by atoms with van der Waals surface area (Å²) in [7, 11) is 1.44. The Morgan fingerprint density at radius 3 is 2.33 bits per heavy atom. The third-order valence-electron chi connectivity index (χ3n) is 13.7. The molecule has 1 aliphatic carbocycles. The lowest BCUT2D eigenvalue weighted by Gasteiger charge is -2.38. The average Bonchev–Trinajstić information content (AvgIpc) is 3.56. The number of Topliss-reactive ketones (excluding diaryl/α,β-unsaturated/α-hetero) is 1. The number of allylic oxidation sites excluding steroid dienone is 3. The van der Waals surface area contributed by atoms with Crippen LogP contribution in [0.15, 0.2) is 64.7 Å². The summed E-state index contributed by atoms with van der Waals surface area (Å²) in [6, 6.07) is 3.23. The summed E-state index contributed by atoms with van der Waals surface area (Å²) in [5, 5.41) is 71.0. The molecule has 5 bridgehead atoms. The molecule has 2 aromatic rings. The van der Waals surface area contributed by atoms with Gasteiger partial charge in [0, 0.05) is 117 Å². The van der Waals surface area contributed by atoms with Crippen LogP contribution in [-0.4, -0.2) is 136 Å². The Morgan fingerprint density at radius 2 is 1.67 bits per heavy atom. The first-order valence-corrected chi connectivity index (χ1v) is 22.6. The van der Waals surface area contributed by atoms with Gasteiger partial charge in [-0.15, -0.1) is 0 Å². The van der Waals surface area contributed by atoms with Crippen LogP contribution in [0.1, 0.15) is 81.6 Å². The SMILES string of the molecule is CO[C@H]1/C=C/O[C@@]2(C)Oc3c(C)c(O)c4c(c3C2=O)C2=Nc3c(O)cc(N5CCN(CCO)CC5)cc3OC2=C(NC(=O)/C(C)=C\C=C\[C@H](C)[C@H](O)[C@@H](C)[C@@H](O)[C@@H](C)[C@H](OC(C)=O)[C@@H]1C)C4O. The third-order valence-corrected chi connectivity index (χ3v) is 13.7. The number of carbonyl (C=O) groups excluding carboxylic acids is 3. The fourth-order valence-electron chi connectivity index (χ4n) is 9.58. The standard InChI is InChI=1S/C49H62N4O14/c1-23-11-10-12-24(2)48(62)51-39-43(60)35-34(38-46(39)66-33-22-30(21-31(56)37(33)50-38)53-16-14-52(15-17-53)18-19-54)36-45(28(6)42(35)59)67-49(8,47(36)61)64-20-13-32(63-9)25(3)44(65-29(7)55)27(5)41(58)26(4)40(23)57/h10-13,20-23,25-27,32,40-41,43-44,54,56-60H,14-19H2,1-9H3,(H,51,62)/b11-10+,20-13+,24-12-/t23-,25+,26+,27+,32-,40-,41+,43?,44+,49-/m0/s1. The van der Waals surface area contributed by atoms with E-state index in [9.17, 15) is 45.0 Å².